The van der Waals surface area contributed by atoms with Crippen molar-refractivity contribution in [1.82, 2.24) is 14.9 Å². The third-order valence-electron chi connectivity index (χ3n) is 4.01. The van der Waals surface area contributed by atoms with Gasteiger partial charge in [-0.05, 0) is 44.5 Å². The number of thioether (sulfide) groups is 1. The maximum atomic E-state index is 12.1. The molecule has 0 aliphatic rings. The average molecular weight is 444 g/mol. The van der Waals surface area contributed by atoms with Gasteiger partial charge in [0.15, 0.2) is 5.16 Å². The van der Waals surface area contributed by atoms with Gasteiger partial charge in [0, 0.05) is 16.1 Å². The van der Waals surface area contributed by atoms with Crippen LogP contribution in [0.2, 0.25) is 0 Å². The Hall–Kier alpha value is -2.05. The van der Waals surface area contributed by atoms with Gasteiger partial charge in [-0.2, -0.15) is 0 Å². The van der Waals surface area contributed by atoms with Crippen molar-refractivity contribution >= 4 is 33.6 Å². The normalized spacial score (nSPS) is 11.0. The lowest BCUT2D eigenvalue weighted by molar-refractivity contribution is -0.119. The van der Waals surface area contributed by atoms with Crippen LogP contribution in [0.25, 0.3) is 16.9 Å². The standard InChI is InChI=1S/C21H22BrN3OS/c1-14(2)24-20(26)13-27-21-23-12-19(16-8-10-17(22)11-9-16)25(21)18-7-5-4-6-15(18)3/h4-12,14H,13H2,1-3H3,(H,24,26). The van der Waals surface area contributed by atoms with Crippen LogP contribution in [0, 0.1) is 6.92 Å². The molecule has 3 rings (SSSR count). The van der Waals surface area contributed by atoms with Crippen molar-refractivity contribution in [3.05, 3.63) is 64.8 Å². The number of nitrogens with zero attached hydrogens (tertiary/aromatic N) is 2. The molecule has 0 saturated heterocycles. The molecule has 27 heavy (non-hydrogen) atoms. The van der Waals surface area contributed by atoms with E-state index in [1.807, 2.05) is 44.3 Å². The Kier molecular flexibility index (Phi) is 6.39. The highest BCUT2D eigenvalue weighted by Gasteiger charge is 2.17. The van der Waals surface area contributed by atoms with Crippen LogP contribution in [-0.2, 0) is 4.79 Å². The molecule has 1 N–H and O–H groups in total. The molecule has 0 spiro atoms. The smallest absolute Gasteiger partial charge is 0.230 e. The highest BCUT2D eigenvalue weighted by Crippen LogP contribution is 2.31. The molecule has 0 radical (unpaired) electrons. The SMILES string of the molecule is Cc1ccccc1-n1c(-c2ccc(Br)cc2)cnc1SCC(=O)NC(C)C. The Balaban J connectivity index is 2.00. The molecule has 1 heterocycles. The van der Waals surface area contributed by atoms with Crippen LogP contribution < -0.4 is 5.32 Å². The molecule has 140 valence electrons. The number of halogens is 1. The van der Waals surface area contributed by atoms with Gasteiger partial charge in [0.2, 0.25) is 5.91 Å². The second-order valence-electron chi connectivity index (χ2n) is 6.57. The second-order valence-corrected chi connectivity index (χ2v) is 8.42. The number of carbonyl (C=O) groups is 1. The lowest BCUT2D eigenvalue weighted by Gasteiger charge is -2.15. The van der Waals surface area contributed by atoms with Gasteiger partial charge < -0.3 is 5.32 Å². The highest BCUT2D eigenvalue weighted by atomic mass is 79.9. The van der Waals surface area contributed by atoms with Gasteiger partial charge in [-0.25, -0.2) is 4.98 Å². The Morgan fingerprint density at radius 3 is 2.56 bits per heavy atom. The van der Waals surface area contributed by atoms with Crippen molar-refractivity contribution in [2.75, 3.05) is 5.75 Å². The van der Waals surface area contributed by atoms with E-state index in [1.165, 1.54) is 11.8 Å². The third-order valence-corrected chi connectivity index (χ3v) is 5.49. The fourth-order valence-corrected chi connectivity index (χ4v) is 3.86. The minimum absolute atomic E-state index is 0.0134. The fraction of sp³-hybridized carbons (Fsp3) is 0.238. The van der Waals surface area contributed by atoms with Crippen LogP contribution in [0.15, 0.2) is 64.4 Å². The summed E-state index contributed by atoms with van der Waals surface area (Å²) in [6, 6.07) is 16.5. The third kappa shape index (κ3) is 4.82. The van der Waals surface area contributed by atoms with Crippen LogP contribution in [0.5, 0.6) is 0 Å². The Labute approximate surface area is 172 Å². The first-order valence-electron chi connectivity index (χ1n) is 8.77. The van der Waals surface area contributed by atoms with Crippen molar-refractivity contribution in [3.8, 4) is 16.9 Å². The molecule has 0 aliphatic carbocycles. The summed E-state index contributed by atoms with van der Waals surface area (Å²) in [6.07, 6.45) is 1.87. The molecule has 0 fully saturated rings. The van der Waals surface area contributed by atoms with Crippen molar-refractivity contribution in [3.63, 3.8) is 0 Å². The number of benzene rings is 2. The maximum absolute atomic E-state index is 12.1. The van der Waals surface area contributed by atoms with Crippen LogP contribution in [-0.4, -0.2) is 27.3 Å². The molecule has 0 aliphatic heterocycles. The highest BCUT2D eigenvalue weighted by molar-refractivity contribution is 9.10. The van der Waals surface area contributed by atoms with Crippen LogP contribution >= 0.6 is 27.7 Å². The topological polar surface area (TPSA) is 46.9 Å². The van der Waals surface area contributed by atoms with Gasteiger partial charge in [0.1, 0.15) is 0 Å². The molecular formula is C21H22BrN3OS. The van der Waals surface area contributed by atoms with E-state index in [0.29, 0.717) is 5.75 Å². The molecule has 2 aromatic carbocycles. The average Bonchev–Trinajstić information content (AvgIpc) is 3.04. The molecule has 0 atom stereocenters. The molecular weight excluding hydrogens is 422 g/mol. The Morgan fingerprint density at radius 2 is 1.89 bits per heavy atom. The summed E-state index contributed by atoms with van der Waals surface area (Å²) in [4.78, 5) is 16.7. The molecule has 1 aromatic heterocycles. The molecule has 6 heteroatoms. The van der Waals surface area contributed by atoms with Gasteiger partial charge in [0.05, 0.1) is 23.3 Å². The molecule has 0 unspecified atom stereocenters. The maximum Gasteiger partial charge on any atom is 0.230 e. The monoisotopic (exact) mass is 443 g/mol. The van der Waals surface area contributed by atoms with Crippen LogP contribution in [0.4, 0.5) is 0 Å². The van der Waals surface area contributed by atoms with Gasteiger partial charge in [-0.3, -0.25) is 9.36 Å². The molecule has 0 saturated carbocycles. The number of rotatable bonds is 6. The first kappa shape index (κ1) is 19.7. The molecule has 4 nitrogen and oxygen atoms in total. The zero-order chi connectivity index (χ0) is 19.4. The van der Waals surface area contributed by atoms with Crippen molar-refractivity contribution in [2.24, 2.45) is 0 Å². The van der Waals surface area contributed by atoms with E-state index < -0.39 is 0 Å². The van der Waals surface area contributed by atoms with Gasteiger partial charge in [-0.15, -0.1) is 0 Å². The first-order valence-corrected chi connectivity index (χ1v) is 10.6. The number of hydrogen-bond donors (Lipinski definition) is 1. The molecule has 0 bridgehead atoms. The van der Waals surface area contributed by atoms with E-state index in [9.17, 15) is 4.79 Å². The number of aromatic nitrogens is 2. The summed E-state index contributed by atoms with van der Waals surface area (Å²) in [5.41, 5.74) is 4.30. The fourth-order valence-electron chi connectivity index (χ4n) is 2.80. The lowest BCUT2D eigenvalue weighted by Crippen LogP contribution is -2.31. The Morgan fingerprint density at radius 1 is 1.19 bits per heavy atom. The summed E-state index contributed by atoms with van der Waals surface area (Å²) in [5, 5.41) is 3.73. The molecule has 3 aromatic rings. The van der Waals surface area contributed by atoms with Crippen molar-refractivity contribution in [1.29, 1.82) is 0 Å². The van der Waals surface area contributed by atoms with Crippen molar-refractivity contribution < 1.29 is 4.79 Å². The van der Waals surface area contributed by atoms with Gasteiger partial charge >= 0.3 is 0 Å². The predicted molar refractivity (Wildman–Crippen MR) is 115 cm³/mol. The van der Waals surface area contributed by atoms with E-state index in [0.717, 1.165) is 32.1 Å². The Bertz CT molecular complexity index is 935. The first-order chi connectivity index (χ1) is 13.0. The van der Waals surface area contributed by atoms with E-state index >= 15 is 0 Å². The summed E-state index contributed by atoms with van der Waals surface area (Å²) in [6.45, 7) is 6.01. The summed E-state index contributed by atoms with van der Waals surface area (Å²) >= 11 is 4.94. The number of hydrogen-bond acceptors (Lipinski definition) is 3. The zero-order valence-corrected chi connectivity index (χ0v) is 18.0. The van der Waals surface area contributed by atoms with Crippen molar-refractivity contribution in [2.45, 2.75) is 32.0 Å². The predicted octanol–water partition coefficient (Wildman–Crippen LogP) is 5.23. The summed E-state index contributed by atoms with van der Waals surface area (Å²) < 4.78 is 3.17. The minimum Gasteiger partial charge on any atom is -0.353 e. The van der Waals surface area contributed by atoms with E-state index in [2.05, 4.69) is 62.0 Å². The molecule has 1 amide bonds. The van der Waals surface area contributed by atoms with Gasteiger partial charge in [0.25, 0.3) is 0 Å². The summed E-state index contributed by atoms with van der Waals surface area (Å²) in [5.74, 6) is 0.348. The quantitative estimate of drug-likeness (QED) is 0.530. The van der Waals surface area contributed by atoms with E-state index in [1.54, 1.807) is 0 Å². The minimum atomic E-state index is 0.0134. The number of carbonyl (C=O) groups excluding carboxylic acids is 1. The zero-order valence-electron chi connectivity index (χ0n) is 15.6. The lowest BCUT2D eigenvalue weighted by atomic mass is 10.1. The number of nitrogens with one attached hydrogen (secondary N) is 1. The van der Waals surface area contributed by atoms with Gasteiger partial charge in [-0.1, -0.05) is 58.0 Å². The number of aryl methyl sites for hydroxylation is 1. The van der Waals surface area contributed by atoms with Crippen LogP contribution in [0.3, 0.4) is 0 Å². The van der Waals surface area contributed by atoms with E-state index in [-0.39, 0.29) is 11.9 Å². The number of para-hydroxylation sites is 1. The summed E-state index contributed by atoms with van der Waals surface area (Å²) in [7, 11) is 0. The van der Waals surface area contributed by atoms with E-state index in [4.69, 9.17) is 0 Å². The second kappa shape index (κ2) is 8.76. The number of imidazole rings is 1. The largest absolute Gasteiger partial charge is 0.353 e. The number of amides is 1. The van der Waals surface area contributed by atoms with Crippen LogP contribution in [0.1, 0.15) is 19.4 Å².